The van der Waals surface area contributed by atoms with Crippen LogP contribution in [0.25, 0.3) is 11.0 Å². The number of aromatic nitrogens is 2. The Balaban J connectivity index is 0.872. The van der Waals surface area contributed by atoms with Crippen LogP contribution in [0.15, 0.2) is 77.8 Å². The Hall–Kier alpha value is -5.74. The number of nitrogens with one attached hydrogen (secondary N) is 3. The van der Waals surface area contributed by atoms with Gasteiger partial charge in [0, 0.05) is 60.6 Å². The number of fused-ring (bicyclic) bond motifs is 2. The average molecular weight is 906 g/mol. The van der Waals surface area contributed by atoms with Crippen molar-refractivity contribution in [2.45, 2.75) is 113 Å². The summed E-state index contributed by atoms with van der Waals surface area (Å²) in [6.45, 7) is 7.44. The highest BCUT2D eigenvalue weighted by atomic mass is 32.2. The fraction of sp³-hybridized carbons (Fsp3) is 0.469. The normalized spacial score (nSPS) is 21.4. The number of sulfonamides is 1. The van der Waals surface area contributed by atoms with Gasteiger partial charge >= 0.3 is 0 Å². The van der Waals surface area contributed by atoms with E-state index in [9.17, 15) is 23.3 Å². The van der Waals surface area contributed by atoms with Gasteiger partial charge in [-0.05, 0) is 111 Å². The van der Waals surface area contributed by atoms with Gasteiger partial charge in [0.1, 0.15) is 18.0 Å². The van der Waals surface area contributed by atoms with Crippen LogP contribution in [0.4, 0.5) is 21.5 Å². The third-order valence-electron chi connectivity index (χ3n) is 14.9. The molecule has 0 unspecified atom stereocenters. The van der Waals surface area contributed by atoms with Gasteiger partial charge < -0.3 is 24.7 Å². The van der Waals surface area contributed by atoms with Crippen molar-refractivity contribution in [1.82, 2.24) is 19.6 Å². The van der Waals surface area contributed by atoms with E-state index in [2.05, 4.69) is 67.9 Å². The highest BCUT2D eigenvalue weighted by molar-refractivity contribution is 7.90. The quantitative estimate of drug-likeness (QED) is 0.0654. The molecule has 1 spiro atoms. The number of hydrogen-bond donors (Lipinski definition) is 3. The first-order valence-electron chi connectivity index (χ1n) is 23.2. The second-order valence-corrected chi connectivity index (χ2v) is 20.9. The number of pyridine rings is 1. The number of rotatable bonds is 11. The number of carbonyl (C=O) groups excluding carboxylic acids is 1. The van der Waals surface area contributed by atoms with Crippen molar-refractivity contribution in [3.8, 4) is 17.2 Å². The molecule has 3 aliphatic heterocycles. The number of benzene rings is 3. The SMILES string of the molecule is CC(C)c1ccccc1[C@H]1CCCN1C1CC2(CCN(c3ccc(C(=O)NS(=O)(=O)c4cc5c(c([N+](=O)[O-])c4)N[C@@H](C4CCCCC4)CO5)c(Oc4cc5cc[nH]c5nc4F)c3)CC2)C1. The zero-order valence-corrected chi connectivity index (χ0v) is 37.7. The molecule has 2 atom stereocenters. The molecule has 2 aliphatic carbocycles. The Morgan fingerprint density at radius 3 is 2.54 bits per heavy atom. The molecule has 5 aliphatic rings. The van der Waals surface area contributed by atoms with Crippen LogP contribution in [0.5, 0.6) is 17.2 Å². The van der Waals surface area contributed by atoms with Crippen molar-refractivity contribution in [2.24, 2.45) is 11.3 Å². The Bertz CT molecular complexity index is 2740. The second-order valence-electron chi connectivity index (χ2n) is 19.2. The lowest BCUT2D eigenvalue weighted by atomic mass is 9.59. The number of hydrogen-bond acceptors (Lipinski definition) is 11. The minimum atomic E-state index is -4.70. The second kappa shape index (κ2) is 17.2. The maximum absolute atomic E-state index is 15.4. The number of anilines is 2. The molecule has 342 valence electrons. The average Bonchev–Trinajstić information content (AvgIpc) is 3.97. The van der Waals surface area contributed by atoms with Crippen LogP contribution in [-0.4, -0.2) is 72.4 Å². The van der Waals surface area contributed by atoms with E-state index in [1.54, 1.807) is 24.4 Å². The van der Waals surface area contributed by atoms with E-state index in [1.807, 2.05) is 0 Å². The Kier molecular flexibility index (Phi) is 11.4. The summed E-state index contributed by atoms with van der Waals surface area (Å²) in [7, 11) is -4.70. The molecule has 4 fully saturated rings. The number of aromatic amines is 1. The van der Waals surface area contributed by atoms with Crippen LogP contribution < -0.4 is 24.4 Å². The first-order chi connectivity index (χ1) is 31.3. The van der Waals surface area contributed by atoms with Gasteiger partial charge in [-0.3, -0.25) is 19.8 Å². The number of piperidine rings is 1. The molecule has 65 heavy (non-hydrogen) atoms. The van der Waals surface area contributed by atoms with Crippen LogP contribution in [0.1, 0.15) is 118 Å². The molecular formula is C49H56FN7O7S. The Morgan fingerprint density at radius 1 is 0.985 bits per heavy atom. The van der Waals surface area contributed by atoms with Crippen molar-refractivity contribution in [3.63, 3.8) is 0 Å². The molecule has 5 aromatic rings. The summed E-state index contributed by atoms with van der Waals surface area (Å²) in [5, 5.41) is 16.2. The number of nitrogens with zero attached hydrogens (tertiary/aromatic N) is 4. The van der Waals surface area contributed by atoms with Crippen molar-refractivity contribution < 1.29 is 32.0 Å². The van der Waals surface area contributed by atoms with Crippen molar-refractivity contribution in [2.75, 3.05) is 36.5 Å². The van der Waals surface area contributed by atoms with E-state index in [-0.39, 0.29) is 52.5 Å². The molecule has 5 heterocycles. The number of carbonyl (C=O) groups is 1. The molecule has 0 radical (unpaired) electrons. The van der Waals surface area contributed by atoms with Crippen molar-refractivity contribution >= 4 is 44.0 Å². The number of amides is 1. The summed E-state index contributed by atoms with van der Waals surface area (Å²) in [5.74, 6) is -1.53. The van der Waals surface area contributed by atoms with Crippen LogP contribution in [-0.2, 0) is 10.0 Å². The lowest BCUT2D eigenvalue weighted by molar-refractivity contribution is -0.384. The van der Waals surface area contributed by atoms with Crippen molar-refractivity contribution in [1.29, 1.82) is 0 Å². The summed E-state index contributed by atoms with van der Waals surface area (Å²) in [5.41, 5.74) is 3.70. The summed E-state index contributed by atoms with van der Waals surface area (Å²) < 4.78 is 57.5. The standard InChI is InChI=1S/C49H56FN7O7S/c1-30(2)36-11-6-7-12-37(36)40-13-8-20-56(40)34-27-49(28-34)17-21-55(22-18-49)33-14-15-38(42(24-33)64-44-23-32-16-19-51-47(32)53-46(44)50)48(58)54-65(61,62)35-25-41(57(59)60)45-43(26-35)63-29-39(52-45)31-9-4-3-5-10-31/h6-7,11-12,14-16,19,23-26,30-31,34,39-40,52H,3-5,8-10,13,17-18,20-22,27-29H2,1-2H3,(H,51,53)(H,54,58)/t39-,40-/m1/s1. The van der Waals surface area contributed by atoms with E-state index in [1.165, 1.54) is 42.2 Å². The molecule has 3 aromatic carbocycles. The number of halogens is 1. The van der Waals surface area contributed by atoms with E-state index >= 15 is 4.39 Å². The lowest BCUT2D eigenvalue weighted by Crippen LogP contribution is -2.54. The van der Waals surface area contributed by atoms with Crippen LogP contribution in [0, 0.1) is 27.4 Å². The third kappa shape index (κ3) is 8.39. The van der Waals surface area contributed by atoms with Gasteiger partial charge in [0.2, 0.25) is 0 Å². The van der Waals surface area contributed by atoms with Gasteiger partial charge in [-0.15, -0.1) is 0 Å². The van der Waals surface area contributed by atoms with Gasteiger partial charge in [0.05, 0.1) is 21.4 Å². The molecule has 3 N–H and O–H groups in total. The number of ether oxygens (including phenoxy) is 2. The van der Waals surface area contributed by atoms with Gasteiger partial charge in [-0.2, -0.15) is 9.37 Å². The topological polar surface area (TPSA) is 172 Å². The van der Waals surface area contributed by atoms with Crippen LogP contribution >= 0.6 is 0 Å². The number of nitro groups is 1. The van der Waals surface area contributed by atoms with Gasteiger partial charge in [0.15, 0.2) is 17.2 Å². The van der Waals surface area contributed by atoms with Crippen molar-refractivity contribution in [3.05, 3.63) is 106 Å². The maximum Gasteiger partial charge on any atom is 0.297 e. The maximum atomic E-state index is 15.4. The summed E-state index contributed by atoms with van der Waals surface area (Å²) in [4.78, 5) is 37.1. The highest BCUT2D eigenvalue weighted by Crippen LogP contribution is 2.54. The van der Waals surface area contributed by atoms with Gasteiger partial charge in [0.25, 0.3) is 27.6 Å². The molecule has 16 heteroatoms. The smallest absolute Gasteiger partial charge is 0.297 e. The lowest BCUT2D eigenvalue weighted by Gasteiger charge is -2.56. The predicted molar refractivity (Wildman–Crippen MR) is 246 cm³/mol. The number of likely N-dealkylation sites (tertiary alicyclic amines) is 1. The first kappa shape index (κ1) is 43.2. The Labute approximate surface area is 378 Å². The molecular weight excluding hydrogens is 850 g/mol. The highest BCUT2D eigenvalue weighted by Gasteiger charge is 2.50. The molecule has 10 rings (SSSR count). The Morgan fingerprint density at radius 2 is 1.77 bits per heavy atom. The minimum absolute atomic E-state index is 0.0176. The van der Waals surface area contributed by atoms with E-state index in [0.29, 0.717) is 29.0 Å². The van der Waals surface area contributed by atoms with E-state index in [0.717, 1.165) is 89.2 Å². The largest absolute Gasteiger partial charge is 0.489 e. The zero-order valence-electron chi connectivity index (χ0n) is 36.9. The fourth-order valence-electron chi connectivity index (χ4n) is 11.4. The van der Waals surface area contributed by atoms with E-state index < -0.39 is 37.4 Å². The zero-order chi connectivity index (χ0) is 45.0. The van der Waals surface area contributed by atoms with Crippen LogP contribution in [0.2, 0.25) is 0 Å². The molecule has 14 nitrogen and oxygen atoms in total. The molecule has 2 saturated heterocycles. The monoisotopic (exact) mass is 905 g/mol. The minimum Gasteiger partial charge on any atom is -0.489 e. The molecule has 1 amide bonds. The molecule has 0 bridgehead atoms. The summed E-state index contributed by atoms with van der Waals surface area (Å²) in [6.07, 6.45) is 13.6. The van der Waals surface area contributed by atoms with Gasteiger partial charge in [-0.25, -0.2) is 13.1 Å². The third-order valence-corrected chi connectivity index (χ3v) is 16.2. The van der Waals surface area contributed by atoms with Gasteiger partial charge in [-0.1, -0.05) is 57.4 Å². The first-order valence-corrected chi connectivity index (χ1v) is 24.7. The predicted octanol–water partition coefficient (Wildman–Crippen LogP) is 9.98. The number of H-pyrrole nitrogens is 1. The molecule has 2 aromatic heterocycles. The summed E-state index contributed by atoms with van der Waals surface area (Å²) in [6, 6.07) is 19.9. The fourth-order valence-corrected chi connectivity index (χ4v) is 12.4. The summed E-state index contributed by atoms with van der Waals surface area (Å²) >= 11 is 0. The van der Waals surface area contributed by atoms with Crippen LogP contribution in [0.3, 0.4) is 0 Å². The van der Waals surface area contributed by atoms with E-state index in [4.69, 9.17) is 9.47 Å². The molecule has 2 saturated carbocycles. The number of nitro benzene ring substituents is 1.